The average molecular weight is 525 g/mol. The molecule has 3 aromatic rings. The third-order valence-corrected chi connectivity index (χ3v) is 8.33. The maximum atomic E-state index is 13.3. The molecule has 39 heavy (non-hydrogen) atoms. The van der Waals surface area contributed by atoms with Crippen LogP contribution in [-0.2, 0) is 10.2 Å². The molecule has 5 rings (SSSR count). The second kappa shape index (κ2) is 11.5. The quantitative estimate of drug-likeness (QED) is 0.389. The molecule has 2 aliphatic heterocycles. The van der Waals surface area contributed by atoms with Gasteiger partial charge in [0.1, 0.15) is 5.41 Å². The van der Waals surface area contributed by atoms with Crippen LogP contribution in [0.2, 0.25) is 0 Å². The van der Waals surface area contributed by atoms with E-state index in [0.29, 0.717) is 17.7 Å². The van der Waals surface area contributed by atoms with E-state index in [4.69, 9.17) is 5.73 Å². The molecule has 7 heteroatoms. The summed E-state index contributed by atoms with van der Waals surface area (Å²) in [6.07, 6.45) is 1.60. The van der Waals surface area contributed by atoms with Crippen LogP contribution in [0.5, 0.6) is 0 Å². The number of nitrogens with two attached hydrogens (primary N) is 1. The van der Waals surface area contributed by atoms with E-state index in [9.17, 15) is 14.4 Å². The van der Waals surface area contributed by atoms with Crippen molar-refractivity contribution in [2.45, 2.75) is 18.3 Å². The van der Waals surface area contributed by atoms with Gasteiger partial charge in [-0.05, 0) is 62.2 Å². The van der Waals surface area contributed by atoms with Crippen molar-refractivity contribution < 1.29 is 14.4 Å². The maximum Gasteiger partial charge on any atom is 0.261 e. The number of amides is 3. The molecule has 1 saturated heterocycles. The van der Waals surface area contributed by atoms with Gasteiger partial charge in [-0.2, -0.15) is 0 Å². The summed E-state index contributed by atoms with van der Waals surface area (Å²) in [5.74, 6) is -0.636. The summed E-state index contributed by atoms with van der Waals surface area (Å²) < 4.78 is 0. The van der Waals surface area contributed by atoms with Crippen molar-refractivity contribution in [1.29, 1.82) is 0 Å². The number of primary amides is 1. The molecule has 2 heterocycles. The molecule has 2 aliphatic rings. The number of carbonyl (C=O) groups excluding carboxylic acids is 3. The number of fused-ring (bicyclic) bond motifs is 1. The predicted molar refractivity (Wildman–Crippen MR) is 151 cm³/mol. The first kappa shape index (κ1) is 26.8. The van der Waals surface area contributed by atoms with Crippen molar-refractivity contribution in [3.63, 3.8) is 0 Å². The van der Waals surface area contributed by atoms with E-state index < -0.39 is 5.41 Å². The van der Waals surface area contributed by atoms with Gasteiger partial charge in [0.05, 0.1) is 11.1 Å². The van der Waals surface area contributed by atoms with E-state index in [1.165, 1.54) is 4.90 Å². The van der Waals surface area contributed by atoms with Crippen molar-refractivity contribution in [2.24, 2.45) is 11.7 Å². The van der Waals surface area contributed by atoms with Gasteiger partial charge in [0, 0.05) is 26.2 Å². The van der Waals surface area contributed by atoms with Crippen LogP contribution in [0.25, 0.3) is 0 Å². The lowest BCUT2D eigenvalue weighted by Gasteiger charge is -2.37. The lowest BCUT2D eigenvalue weighted by atomic mass is 9.64. The number of likely N-dealkylation sites (tertiary alicyclic amines) is 1. The minimum absolute atomic E-state index is 0.0685. The minimum Gasteiger partial charge on any atom is -0.369 e. The molecule has 0 bridgehead atoms. The summed E-state index contributed by atoms with van der Waals surface area (Å²) in [4.78, 5) is 44.5. The highest BCUT2D eigenvalue weighted by molar-refractivity contribution is 6.21. The Hall–Kier alpha value is -3.81. The molecular weight excluding hydrogens is 488 g/mol. The van der Waals surface area contributed by atoms with Crippen LogP contribution in [0.3, 0.4) is 0 Å². The van der Waals surface area contributed by atoms with Crippen LogP contribution in [0.1, 0.15) is 44.7 Å². The number of nitrogens with zero attached hydrogens (tertiary/aromatic N) is 3. The van der Waals surface area contributed by atoms with Gasteiger partial charge in [-0.3, -0.25) is 19.3 Å². The molecule has 0 spiro atoms. The summed E-state index contributed by atoms with van der Waals surface area (Å²) in [5.41, 5.74) is 8.23. The molecule has 2 N–H and O–H groups in total. The highest BCUT2D eigenvalue weighted by Crippen LogP contribution is 2.43. The fourth-order valence-electron chi connectivity index (χ4n) is 6.28. The number of likely N-dealkylation sites (N-methyl/N-ethyl adjacent to an activating group) is 1. The summed E-state index contributed by atoms with van der Waals surface area (Å²) in [6.45, 7) is 4.62. The Balaban J connectivity index is 1.18. The molecule has 3 amide bonds. The fourth-order valence-corrected chi connectivity index (χ4v) is 6.28. The Morgan fingerprint density at radius 3 is 1.92 bits per heavy atom. The summed E-state index contributed by atoms with van der Waals surface area (Å²) >= 11 is 0. The Bertz CT molecular complexity index is 1250. The van der Waals surface area contributed by atoms with E-state index in [1.54, 1.807) is 24.3 Å². The predicted octanol–water partition coefficient (Wildman–Crippen LogP) is 3.40. The second-order valence-electron chi connectivity index (χ2n) is 10.7. The van der Waals surface area contributed by atoms with Crippen LogP contribution in [0.15, 0.2) is 84.9 Å². The molecule has 0 saturated carbocycles. The van der Waals surface area contributed by atoms with E-state index in [-0.39, 0.29) is 23.6 Å². The van der Waals surface area contributed by atoms with Gasteiger partial charge in [-0.25, -0.2) is 0 Å². The molecule has 1 atom stereocenters. The van der Waals surface area contributed by atoms with Crippen LogP contribution in [0.4, 0.5) is 0 Å². The SMILES string of the molecule is CN(CCCN1C(=O)c2ccccc2C1=O)CCN1CCC(C(C(N)=O)(c2ccccc2)c2ccccc2)C1. The second-order valence-corrected chi connectivity index (χ2v) is 10.7. The smallest absolute Gasteiger partial charge is 0.261 e. The van der Waals surface area contributed by atoms with Crippen LogP contribution in [0, 0.1) is 5.92 Å². The van der Waals surface area contributed by atoms with E-state index in [1.807, 2.05) is 60.7 Å². The van der Waals surface area contributed by atoms with Crippen LogP contribution < -0.4 is 5.73 Å². The molecule has 7 nitrogen and oxygen atoms in total. The zero-order valence-electron chi connectivity index (χ0n) is 22.5. The molecular formula is C32H36N4O3. The van der Waals surface area contributed by atoms with Crippen molar-refractivity contribution in [2.75, 3.05) is 46.3 Å². The van der Waals surface area contributed by atoms with Gasteiger partial charge in [-0.15, -0.1) is 0 Å². The standard InChI is InChI=1S/C32H36N4O3/c1-34(18-10-19-36-29(37)27-15-8-9-16-28(27)30(36)38)21-22-35-20-17-26(23-35)32(31(33)39,24-11-4-2-5-12-24)25-13-6-3-7-14-25/h2-9,11-16,26H,10,17-23H2,1H3,(H2,33,39). The van der Waals surface area contributed by atoms with E-state index in [2.05, 4.69) is 16.8 Å². The summed E-state index contributed by atoms with van der Waals surface area (Å²) in [6, 6.07) is 26.9. The molecule has 1 fully saturated rings. The number of rotatable bonds is 11. The third-order valence-electron chi connectivity index (χ3n) is 8.33. The first-order chi connectivity index (χ1) is 18.9. The van der Waals surface area contributed by atoms with Crippen LogP contribution in [-0.4, -0.2) is 78.7 Å². The van der Waals surface area contributed by atoms with Gasteiger partial charge in [0.2, 0.25) is 5.91 Å². The first-order valence-electron chi connectivity index (χ1n) is 13.7. The summed E-state index contributed by atoms with van der Waals surface area (Å²) in [5, 5.41) is 0. The number of benzene rings is 3. The number of hydrogen-bond donors (Lipinski definition) is 1. The molecule has 0 radical (unpaired) electrons. The molecule has 0 aliphatic carbocycles. The topological polar surface area (TPSA) is 87.0 Å². The molecule has 0 aromatic heterocycles. The number of imide groups is 1. The maximum absolute atomic E-state index is 13.3. The Kier molecular flexibility index (Phi) is 7.91. The van der Waals surface area contributed by atoms with Crippen molar-refractivity contribution in [3.05, 3.63) is 107 Å². The van der Waals surface area contributed by atoms with Gasteiger partial charge < -0.3 is 15.5 Å². The van der Waals surface area contributed by atoms with Gasteiger partial charge in [0.25, 0.3) is 11.8 Å². The lowest BCUT2D eigenvalue weighted by Crippen LogP contribution is -2.49. The Morgan fingerprint density at radius 2 is 1.38 bits per heavy atom. The largest absolute Gasteiger partial charge is 0.369 e. The van der Waals surface area contributed by atoms with Gasteiger partial charge in [-0.1, -0.05) is 72.8 Å². The lowest BCUT2D eigenvalue weighted by molar-refractivity contribution is -0.123. The monoisotopic (exact) mass is 524 g/mol. The zero-order chi connectivity index (χ0) is 27.4. The molecule has 3 aromatic carbocycles. The van der Waals surface area contributed by atoms with Gasteiger partial charge in [0.15, 0.2) is 0 Å². The minimum atomic E-state index is -0.879. The van der Waals surface area contributed by atoms with Crippen molar-refractivity contribution in [1.82, 2.24) is 14.7 Å². The third kappa shape index (κ3) is 5.12. The zero-order valence-corrected chi connectivity index (χ0v) is 22.5. The van der Waals surface area contributed by atoms with Crippen molar-refractivity contribution >= 4 is 17.7 Å². The van der Waals surface area contributed by atoms with Crippen LogP contribution >= 0.6 is 0 Å². The Morgan fingerprint density at radius 1 is 0.846 bits per heavy atom. The fraction of sp³-hybridized carbons (Fsp3) is 0.344. The highest BCUT2D eigenvalue weighted by atomic mass is 16.2. The first-order valence-corrected chi connectivity index (χ1v) is 13.7. The normalized spacial score (nSPS) is 17.7. The van der Waals surface area contributed by atoms with E-state index >= 15 is 0 Å². The van der Waals surface area contributed by atoms with E-state index in [0.717, 1.165) is 56.7 Å². The highest BCUT2D eigenvalue weighted by Gasteiger charge is 2.49. The van der Waals surface area contributed by atoms with Gasteiger partial charge >= 0.3 is 0 Å². The molecule has 1 unspecified atom stereocenters. The Labute approximate surface area is 230 Å². The average Bonchev–Trinajstić information content (AvgIpc) is 3.52. The number of hydrogen-bond acceptors (Lipinski definition) is 5. The van der Waals surface area contributed by atoms with Crippen molar-refractivity contribution in [3.8, 4) is 0 Å². The summed E-state index contributed by atoms with van der Waals surface area (Å²) in [7, 11) is 2.07. The molecule has 202 valence electrons. The number of carbonyl (C=O) groups is 3.